The molecule has 0 saturated carbocycles. The highest BCUT2D eigenvalue weighted by atomic mass is 16.5. The van der Waals surface area contributed by atoms with Crippen molar-refractivity contribution >= 4 is 5.69 Å². The van der Waals surface area contributed by atoms with Crippen LogP contribution in [0.25, 0.3) is 0 Å². The molecule has 0 bridgehead atoms. The molecule has 0 spiro atoms. The molecule has 1 rings (SSSR count). The van der Waals surface area contributed by atoms with Crippen LogP contribution in [0.15, 0.2) is 18.2 Å². The fraction of sp³-hybridized carbons (Fsp3) is 0.538. The molecule has 1 N–H and O–H groups in total. The van der Waals surface area contributed by atoms with Crippen LogP contribution in [-0.4, -0.2) is 19.3 Å². The largest absolute Gasteiger partial charge is 0.380 e. The summed E-state index contributed by atoms with van der Waals surface area (Å²) in [4.78, 5) is 0. The number of benzene rings is 1. The van der Waals surface area contributed by atoms with Gasteiger partial charge in [0.25, 0.3) is 0 Å². The highest BCUT2D eigenvalue weighted by molar-refractivity contribution is 5.53. The summed E-state index contributed by atoms with van der Waals surface area (Å²) >= 11 is 0. The molecule has 1 aromatic carbocycles. The van der Waals surface area contributed by atoms with Gasteiger partial charge in [-0.15, -0.1) is 0 Å². The lowest BCUT2D eigenvalue weighted by Gasteiger charge is -2.22. The van der Waals surface area contributed by atoms with Crippen LogP contribution >= 0.6 is 0 Å². The van der Waals surface area contributed by atoms with Crippen LogP contribution in [0.2, 0.25) is 0 Å². The number of hydrogen-bond acceptors (Lipinski definition) is 2. The lowest BCUT2D eigenvalue weighted by atomic mass is 10.1. The van der Waals surface area contributed by atoms with Gasteiger partial charge < -0.3 is 10.1 Å². The van der Waals surface area contributed by atoms with Crippen molar-refractivity contribution < 1.29 is 4.74 Å². The molecule has 15 heavy (non-hydrogen) atoms. The van der Waals surface area contributed by atoms with Gasteiger partial charge in [-0.05, 0) is 44.9 Å². The first-order valence-electron chi connectivity index (χ1n) is 5.41. The van der Waals surface area contributed by atoms with Crippen molar-refractivity contribution in [3.63, 3.8) is 0 Å². The first kappa shape index (κ1) is 12.1. The summed E-state index contributed by atoms with van der Waals surface area (Å²) < 4.78 is 5.29. The molecule has 0 aliphatic heterocycles. The zero-order chi connectivity index (χ0) is 11.4. The van der Waals surface area contributed by atoms with E-state index in [0.717, 1.165) is 0 Å². The minimum atomic E-state index is 0.213. The Morgan fingerprint density at radius 1 is 1.20 bits per heavy atom. The molecular formula is C13H21NO. The van der Waals surface area contributed by atoms with Crippen LogP contribution in [0.1, 0.15) is 25.0 Å². The van der Waals surface area contributed by atoms with E-state index >= 15 is 0 Å². The Kier molecular flexibility index (Phi) is 4.15. The molecule has 0 amide bonds. The molecule has 2 nitrogen and oxygen atoms in total. The molecule has 0 fully saturated rings. The van der Waals surface area contributed by atoms with Crippen molar-refractivity contribution in [1.82, 2.24) is 0 Å². The van der Waals surface area contributed by atoms with Crippen LogP contribution < -0.4 is 5.32 Å². The van der Waals surface area contributed by atoms with E-state index in [0.29, 0.717) is 6.04 Å². The zero-order valence-electron chi connectivity index (χ0n) is 10.3. The number of ether oxygens (including phenoxy) is 1. The summed E-state index contributed by atoms with van der Waals surface area (Å²) in [5, 5.41) is 3.48. The zero-order valence-corrected chi connectivity index (χ0v) is 10.3. The first-order valence-corrected chi connectivity index (χ1v) is 5.41. The van der Waals surface area contributed by atoms with Gasteiger partial charge in [-0.1, -0.05) is 12.1 Å². The fourth-order valence-corrected chi connectivity index (χ4v) is 1.46. The Labute approximate surface area is 92.6 Å². The summed E-state index contributed by atoms with van der Waals surface area (Å²) in [6, 6.07) is 6.76. The van der Waals surface area contributed by atoms with Crippen molar-refractivity contribution in [2.24, 2.45) is 0 Å². The maximum atomic E-state index is 5.29. The van der Waals surface area contributed by atoms with Crippen LogP contribution in [0.5, 0.6) is 0 Å². The number of rotatable bonds is 4. The standard InChI is InChI=1S/C13H21NO/c1-9-6-7-10(2)13(8-9)14-11(3)12(4)15-5/h6-8,11-12,14H,1-5H3. The van der Waals surface area contributed by atoms with E-state index in [9.17, 15) is 0 Å². The molecule has 2 heteroatoms. The minimum absolute atomic E-state index is 0.213. The Hall–Kier alpha value is -1.02. The number of hydrogen-bond donors (Lipinski definition) is 1. The van der Waals surface area contributed by atoms with Crippen LogP contribution in [0.3, 0.4) is 0 Å². The van der Waals surface area contributed by atoms with E-state index in [4.69, 9.17) is 4.74 Å². The third-order valence-electron chi connectivity index (χ3n) is 2.85. The average Bonchev–Trinajstić information content (AvgIpc) is 2.22. The summed E-state index contributed by atoms with van der Waals surface area (Å²) in [6.45, 7) is 8.43. The monoisotopic (exact) mass is 207 g/mol. The van der Waals surface area contributed by atoms with Gasteiger partial charge in [0.2, 0.25) is 0 Å². The second kappa shape index (κ2) is 5.17. The van der Waals surface area contributed by atoms with Gasteiger partial charge in [-0.3, -0.25) is 0 Å². The van der Waals surface area contributed by atoms with Crippen LogP contribution in [0.4, 0.5) is 5.69 Å². The summed E-state index contributed by atoms with van der Waals surface area (Å²) in [6.07, 6.45) is 0.213. The number of anilines is 1. The van der Waals surface area contributed by atoms with E-state index in [-0.39, 0.29) is 6.10 Å². The van der Waals surface area contributed by atoms with E-state index in [1.807, 2.05) is 0 Å². The molecule has 0 aliphatic rings. The van der Waals surface area contributed by atoms with Crippen molar-refractivity contribution in [2.45, 2.75) is 39.8 Å². The molecule has 0 radical (unpaired) electrons. The fourth-order valence-electron chi connectivity index (χ4n) is 1.46. The maximum Gasteiger partial charge on any atom is 0.0741 e. The molecule has 2 atom stereocenters. The third-order valence-corrected chi connectivity index (χ3v) is 2.85. The number of aryl methyl sites for hydroxylation is 2. The second-order valence-electron chi connectivity index (χ2n) is 4.19. The minimum Gasteiger partial charge on any atom is -0.380 e. The lowest BCUT2D eigenvalue weighted by Crippen LogP contribution is -2.29. The summed E-state index contributed by atoms with van der Waals surface area (Å²) in [5.41, 5.74) is 3.75. The van der Waals surface area contributed by atoms with Gasteiger partial charge in [0.1, 0.15) is 0 Å². The molecule has 0 aromatic heterocycles. The van der Waals surface area contributed by atoms with Crippen LogP contribution in [0, 0.1) is 13.8 Å². The SMILES string of the molecule is COC(C)C(C)Nc1cc(C)ccc1C. The predicted octanol–water partition coefficient (Wildman–Crippen LogP) is 3.14. The summed E-state index contributed by atoms with van der Waals surface area (Å²) in [7, 11) is 1.74. The topological polar surface area (TPSA) is 21.3 Å². The smallest absolute Gasteiger partial charge is 0.0741 e. The van der Waals surface area contributed by atoms with E-state index < -0.39 is 0 Å². The van der Waals surface area contributed by atoms with Gasteiger partial charge in [0.05, 0.1) is 6.10 Å². The van der Waals surface area contributed by atoms with E-state index in [1.54, 1.807) is 7.11 Å². The van der Waals surface area contributed by atoms with E-state index in [2.05, 4.69) is 51.2 Å². The lowest BCUT2D eigenvalue weighted by molar-refractivity contribution is 0.106. The van der Waals surface area contributed by atoms with E-state index in [1.165, 1.54) is 16.8 Å². The number of nitrogens with one attached hydrogen (secondary N) is 1. The Bertz CT molecular complexity index is 322. The van der Waals surface area contributed by atoms with Gasteiger partial charge in [0.15, 0.2) is 0 Å². The highest BCUT2D eigenvalue weighted by Crippen LogP contribution is 2.18. The van der Waals surface area contributed by atoms with Crippen molar-refractivity contribution in [1.29, 1.82) is 0 Å². The molecular weight excluding hydrogens is 186 g/mol. The second-order valence-corrected chi connectivity index (χ2v) is 4.19. The predicted molar refractivity (Wildman–Crippen MR) is 65.5 cm³/mol. The Morgan fingerprint density at radius 3 is 2.47 bits per heavy atom. The molecule has 0 saturated heterocycles. The molecule has 0 aliphatic carbocycles. The molecule has 1 aromatic rings. The van der Waals surface area contributed by atoms with Crippen molar-refractivity contribution in [3.05, 3.63) is 29.3 Å². The first-order chi connectivity index (χ1) is 7.04. The summed E-state index contributed by atoms with van der Waals surface area (Å²) in [5.74, 6) is 0. The molecule has 2 unspecified atom stereocenters. The molecule has 0 heterocycles. The van der Waals surface area contributed by atoms with Gasteiger partial charge in [-0.2, -0.15) is 0 Å². The normalized spacial score (nSPS) is 14.7. The van der Waals surface area contributed by atoms with Crippen molar-refractivity contribution in [3.8, 4) is 0 Å². The van der Waals surface area contributed by atoms with Crippen LogP contribution in [-0.2, 0) is 4.74 Å². The average molecular weight is 207 g/mol. The van der Waals surface area contributed by atoms with Gasteiger partial charge in [0, 0.05) is 18.8 Å². The number of methoxy groups -OCH3 is 1. The van der Waals surface area contributed by atoms with Gasteiger partial charge >= 0.3 is 0 Å². The van der Waals surface area contributed by atoms with Crippen molar-refractivity contribution in [2.75, 3.05) is 12.4 Å². The molecule has 84 valence electrons. The Morgan fingerprint density at radius 2 is 1.87 bits per heavy atom. The van der Waals surface area contributed by atoms with Gasteiger partial charge in [-0.25, -0.2) is 0 Å². The highest BCUT2D eigenvalue weighted by Gasteiger charge is 2.11. The Balaban J connectivity index is 2.75. The third kappa shape index (κ3) is 3.24. The quantitative estimate of drug-likeness (QED) is 0.819. The maximum absolute atomic E-state index is 5.29.